The molecule has 0 fully saturated rings. The minimum absolute atomic E-state index is 0.00780. The Labute approximate surface area is 285 Å². The van der Waals surface area contributed by atoms with Crippen LogP contribution >= 0.6 is 23.2 Å². The molecular formula is C35H29Cl2FN2O8. The zero-order valence-corrected chi connectivity index (χ0v) is 27.3. The summed E-state index contributed by atoms with van der Waals surface area (Å²) in [5.41, 5.74) is 2.25. The molecule has 2 amide bonds. The summed E-state index contributed by atoms with van der Waals surface area (Å²) in [5, 5.41) is 17.6. The highest BCUT2D eigenvalue weighted by molar-refractivity contribution is 6.43. The van der Waals surface area contributed by atoms with Crippen molar-refractivity contribution >= 4 is 58.7 Å². The summed E-state index contributed by atoms with van der Waals surface area (Å²) in [6.45, 7) is 3.29. The molecule has 1 heterocycles. The fourth-order valence-electron chi connectivity index (χ4n) is 4.77. The van der Waals surface area contributed by atoms with Gasteiger partial charge in [0.1, 0.15) is 16.5 Å². The van der Waals surface area contributed by atoms with Gasteiger partial charge >= 0.3 is 11.9 Å². The third-order valence-electron chi connectivity index (χ3n) is 7.15. The molecule has 0 saturated heterocycles. The van der Waals surface area contributed by atoms with Crippen LogP contribution in [0.3, 0.4) is 0 Å². The van der Waals surface area contributed by atoms with Crippen LogP contribution in [0.5, 0.6) is 17.2 Å². The van der Waals surface area contributed by atoms with Crippen molar-refractivity contribution in [2.75, 3.05) is 11.5 Å². The van der Waals surface area contributed by atoms with Crippen molar-refractivity contribution in [3.8, 4) is 23.3 Å². The van der Waals surface area contributed by atoms with E-state index in [4.69, 9.17) is 47.8 Å². The number of rotatable bonds is 9. The van der Waals surface area contributed by atoms with E-state index in [0.29, 0.717) is 51.8 Å². The number of halogens is 3. The van der Waals surface area contributed by atoms with Crippen molar-refractivity contribution in [3.05, 3.63) is 98.8 Å². The molecule has 1 N–H and O–H groups in total. The maximum atomic E-state index is 13.7. The summed E-state index contributed by atoms with van der Waals surface area (Å²) in [6, 6.07) is 16.6. The van der Waals surface area contributed by atoms with E-state index in [1.54, 1.807) is 25.1 Å². The lowest BCUT2D eigenvalue weighted by atomic mass is 9.93. The average molecular weight is 696 g/mol. The van der Waals surface area contributed by atoms with Crippen LogP contribution in [0.25, 0.3) is 6.08 Å². The molecule has 3 aromatic carbocycles. The largest absolute Gasteiger partial charge is 0.479 e. The fourth-order valence-corrected chi connectivity index (χ4v) is 5.12. The molecule has 1 atom stereocenters. The second kappa shape index (κ2) is 16.1. The maximum Gasteiger partial charge on any atom is 0.349 e. The highest BCUT2D eigenvalue weighted by Crippen LogP contribution is 2.37. The lowest BCUT2D eigenvalue weighted by molar-refractivity contribution is -0.144. The van der Waals surface area contributed by atoms with Crippen LogP contribution in [-0.2, 0) is 23.9 Å². The Morgan fingerprint density at radius 3 is 2.21 bits per heavy atom. The van der Waals surface area contributed by atoms with E-state index in [1.807, 2.05) is 6.07 Å². The Morgan fingerprint density at radius 1 is 1.02 bits per heavy atom. The van der Waals surface area contributed by atoms with Crippen molar-refractivity contribution < 1.29 is 42.9 Å². The van der Waals surface area contributed by atoms with Crippen molar-refractivity contribution in [3.63, 3.8) is 0 Å². The summed E-state index contributed by atoms with van der Waals surface area (Å²) in [5.74, 6) is -2.22. The SMILES string of the molecule is CCOC(=O)/C(Cl)=C/c1cc(N2C(=O)C3=C(CCCC3)C2=O)ccc1Cl.C[C@@H](Oc1ccc(Oc2ccc(C#N)cc2F)cc1)C(=O)O. The molecule has 0 bridgehead atoms. The number of hydrogen-bond acceptors (Lipinski definition) is 8. The molecule has 3 aromatic rings. The van der Waals surface area contributed by atoms with Gasteiger partial charge in [0, 0.05) is 16.2 Å². The van der Waals surface area contributed by atoms with Gasteiger partial charge in [-0.3, -0.25) is 9.59 Å². The topological polar surface area (TPSA) is 143 Å². The number of carboxylic acid groups (broad SMARTS) is 1. The van der Waals surface area contributed by atoms with Crippen molar-refractivity contribution in [2.24, 2.45) is 0 Å². The Balaban J connectivity index is 0.000000220. The molecule has 2 aliphatic rings. The van der Waals surface area contributed by atoms with Gasteiger partial charge in [-0.1, -0.05) is 23.2 Å². The lowest BCUT2D eigenvalue weighted by Gasteiger charge is -2.16. The first-order chi connectivity index (χ1) is 22.9. The van der Waals surface area contributed by atoms with Crippen LogP contribution in [0.2, 0.25) is 5.02 Å². The van der Waals surface area contributed by atoms with Gasteiger partial charge in [-0.25, -0.2) is 18.9 Å². The zero-order valence-electron chi connectivity index (χ0n) is 25.8. The van der Waals surface area contributed by atoms with Crippen molar-refractivity contribution in [2.45, 2.75) is 45.6 Å². The number of carbonyl (C=O) groups excluding carboxylic acids is 3. The van der Waals surface area contributed by atoms with Crippen LogP contribution in [-0.4, -0.2) is 41.6 Å². The standard InChI is InChI=1S/C19H17Cl2NO4.C16H12FNO4/c1-2-26-19(25)16(21)10-11-9-12(7-8-15(11)20)22-17(23)13-5-3-4-6-14(13)18(22)24;1-10(16(19)20)21-12-3-5-13(6-4-12)22-15-7-2-11(9-18)8-14(15)17/h7-10H,2-6H2,1H3;2-8,10H,1H3,(H,19,20)/b16-10-;/t;10-/m.1/s1. The second-order valence-electron chi connectivity index (χ2n) is 10.5. The van der Waals surface area contributed by atoms with E-state index in [-0.39, 0.29) is 34.8 Å². The van der Waals surface area contributed by atoms with E-state index in [2.05, 4.69) is 0 Å². The zero-order chi connectivity index (χ0) is 35.0. The predicted molar refractivity (Wildman–Crippen MR) is 175 cm³/mol. The number of ether oxygens (including phenoxy) is 3. The number of benzene rings is 3. The molecule has 0 radical (unpaired) electrons. The minimum Gasteiger partial charge on any atom is -0.479 e. The predicted octanol–water partition coefficient (Wildman–Crippen LogP) is 7.57. The van der Waals surface area contributed by atoms with E-state index in [1.165, 1.54) is 54.3 Å². The monoisotopic (exact) mass is 694 g/mol. The number of hydrogen-bond donors (Lipinski definition) is 1. The number of anilines is 1. The van der Waals surface area contributed by atoms with Crippen LogP contribution in [0, 0.1) is 17.1 Å². The number of amides is 2. The Morgan fingerprint density at radius 2 is 1.65 bits per heavy atom. The average Bonchev–Trinajstić information content (AvgIpc) is 3.33. The molecule has 0 saturated carbocycles. The first kappa shape index (κ1) is 35.7. The van der Waals surface area contributed by atoms with E-state index >= 15 is 0 Å². The van der Waals surface area contributed by atoms with Crippen molar-refractivity contribution in [1.29, 1.82) is 5.26 Å². The van der Waals surface area contributed by atoms with Crippen molar-refractivity contribution in [1.82, 2.24) is 0 Å². The number of esters is 1. The number of nitrogens with zero attached hydrogens (tertiary/aromatic N) is 2. The second-order valence-corrected chi connectivity index (χ2v) is 11.3. The van der Waals surface area contributed by atoms with Gasteiger partial charge in [-0.05, 0) is 112 Å². The molecular weight excluding hydrogens is 666 g/mol. The number of nitriles is 1. The molecule has 48 heavy (non-hydrogen) atoms. The van der Waals surface area contributed by atoms with Crippen LogP contribution in [0.4, 0.5) is 10.1 Å². The molecule has 5 rings (SSSR count). The van der Waals surface area contributed by atoms with E-state index < -0.39 is 23.9 Å². The Bertz CT molecular complexity index is 1820. The van der Waals surface area contributed by atoms with E-state index in [9.17, 15) is 23.6 Å². The van der Waals surface area contributed by atoms with Gasteiger partial charge in [-0.15, -0.1) is 0 Å². The summed E-state index contributed by atoms with van der Waals surface area (Å²) in [4.78, 5) is 48.9. The summed E-state index contributed by atoms with van der Waals surface area (Å²) < 4.78 is 29.1. The van der Waals surface area contributed by atoms with Crippen LogP contribution < -0.4 is 14.4 Å². The Kier molecular flexibility index (Phi) is 12.0. The summed E-state index contributed by atoms with van der Waals surface area (Å²) in [7, 11) is 0. The van der Waals surface area contributed by atoms with Gasteiger partial charge in [-0.2, -0.15) is 5.26 Å². The summed E-state index contributed by atoms with van der Waals surface area (Å²) in [6.07, 6.45) is 3.48. The third-order valence-corrected chi connectivity index (χ3v) is 7.76. The fraction of sp³-hybridized carbons (Fsp3) is 0.229. The first-order valence-corrected chi connectivity index (χ1v) is 15.5. The molecule has 10 nitrogen and oxygen atoms in total. The van der Waals surface area contributed by atoms with Crippen LogP contribution in [0.1, 0.15) is 50.7 Å². The molecule has 248 valence electrons. The molecule has 13 heteroatoms. The number of aliphatic carboxylic acids is 1. The van der Waals surface area contributed by atoms with Gasteiger partial charge in [0.25, 0.3) is 11.8 Å². The molecule has 0 spiro atoms. The van der Waals surface area contributed by atoms with Gasteiger partial charge in [0.05, 0.1) is 23.9 Å². The third kappa shape index (κ3) is 8.59. The quantitative estimate of drug-likeness (QED) is 0.136. The molecule has 0 unspecified atom stereocenters. The lowest BCUT2D eigenvalue weighted by Crippen LogP contribution is -2.31. The Hall–Kier alpha value is -5.18. The summed E-state index contributed by atoms with van der Waals surface area (Å²) >= 11 is 12.1. The van der Waals surface area contributed by atoms with Gasteiger partial charge in [0.2, 0.25) is 0 Å². The molecule has 1 aliphatic carbocycles. The molecule has 1 aliphatic heterocycles. The normalized spacial score (nSPS) is 14.8. The smallest absolute Gasteiger partial charge is 0.349 e. The van der Waals surface area contributed by atoms with Gasteiger partial charge in [0.15, 0.2) is 17.7 Å². The maximum absolute atomic E-state index is 13.7. The number of carbonyl (C=O) groups is 4. The number of carboxylic acids is 1. The highest BCUT2D eigenvalue weighted by Gasteiger charge is 2.39. The minimum atomic E-state index is -1.07. The molecule has 0 aromatic heterocycles. The number of imide groups is 1. The highest BCUT2D eigenvalue weighted by atomic mass is 35.5. The first-order valence-electron chi connectivity index (χ1n) is 14.7. The van der Waals surface area contributed by atoms with Gasteiger partial charge < -0.3 is 19.3 Å². The van der Waals surface area contributed by atoms with Crippen LogP contribution in [0.15, 0.2) is 76.8 Å². The van der Waals surface area contributed by atoms with E-state index in [0.717, 1.165) is 18.9 Å².